The van der Waals surface area contributed by atoms with Crippen LogP contribution in [0.3, 0.4) is 0 Å². The molecule has 1 fully saturated rings. The summed E-state index contributed by atoms with van der Waals surface area (Å²) in [6.07, 6.45) is 20.0. The fourth-order valence-corrected chi connectivity index (χ4v) is 4.18. The van der Waals surface area contributed by atoms with Gasteiger partial charge in [0.15, 0.2) is 0 Å². The van der Waals surface area contributed by atoms with E-state index in [1.807, 2.05) is 0 Å². The molecule has 0 radical (unpaired) electrons. The molecule has 24 heavy (non-hydrogen) atoms. The Balaban J connectivity index is 1.76. The quantitative estimate of drug-likeness (QED) is 0.261. The molecule has 1 aliphatic carbocycles. The van der Waals surface area contributed by atoms with Crippen LogP contribution in [0.15, 0.2) is 0 Å². The average Bonchev–Trinajstić information content (AvgIpc) is 3.26. The fourth-order valence-electron chi connectivity index (χ4n) is 3.60. The van der Waals surface area contributed by atoms with Crippen LogP contribution in [0.25, 0.3) is 0 Å². The summed E-state index contributed by atoms with van der Waals surface area (Å²) in [6.45, 7) is -1.08. The highest BCUT2D eigenvalue weighted by atomic mass is 32.5. The zero-order valence-electron chi connectivity index (χ0n) is 15.6. The van der Waals surface area contributed by atoms with Crippen molar-refractivity contribution in [2.24, 2.45) is 11.8 Å². The molecule has 0 aromatic heterocycles. The molecule has 3 atom stereocenters. The fraction of sp³-hybridized carbons (Fsp3) is 1.00. The monoisotopic (exact) mass is 377 g/mol. The maximum absolute atomic E-state index is 10.8. The maximum Gasteiger partial charge on any atom is 0.112 e. The van der Waals surface area contributed by atoms with Gasteiger partial charge in [0.2, 0.25) is 0 Å². The molecule has 0 aromatic rings. The van der Waals surface area contributed by atoms with Gasteiger partial charge in [0, 0.05) is 0 Å². The Morgan fingerprint density at radius 3 is 1.83 bits per heavy atom. The SMILES string of the molecule is CCCCCCCCC1CC1CCCCCCCCOP([O-])(O)=S. The highest BCUT2D eigenvalue weighted by Gasteiger charge is 2.34. The molecule has 0 saturated heterocycles. The van der Waals surface area contributed by atoms with E-state index in [0.717, 1.165) is 24.7 Å². The molecule has 3 nitrogen and oxygen atoms in total. The normalized spacial score (nSPS) is 22.5. The molecule has 5 heteroatoms. The first-order chi connectivity index (χ1) is 11.5. The molecule has 0 amide bonds. The van der Waals surface area contributed by atoms with Gasteiger partial charge >= 0.3 is 0 Å². The van der Waals surface area contributed by atoms with Crippen molar-refractivity contribution in [3.05, 3.63) is 0 Å². The smallest absolute Gasteiger partial charge is 0.112 e. The second kappa shape index (κ2) is 13.7. The van der Waals surface area contributed by atoms with Gasteiger partial charge in [-0.2, -0.15) is 0 Å². The lowest BCUT2D eigenvalue weighted by molar-refractivity contribution is -0.201. The van der Waals surface area contributed by atoms with Gasteiger partial charge in [-0.3, -0.25) is 0 Å². The predicted octanol–water partition coefficient (Wildman–Crippen LogP) is 5.70. The second-order valence-electron chi connectivity index (χ2n) is 7.52. The Morgan fingerprint density at radius 1 is 0.875 bits per heavy atom. The molecule has 1 saturated carbocycles. The van der Waals surface area contributed by atoms with Crippen LogP contribution < -0.4 is 4.89 Å². The van der Waals surface area contributed by atoms with Crippen molar-refractivity contribution in [2.75, 3.05) is 6.61 Å². The maximum atomic E-state index is 10.8. The Bertz CT molecular complexity index is 346. The molecule has 1 N–H and O–H groups in total. The van der Waals surface area contributed by atoms with Gasteiger partial charge in [-0.05, 0) is 24.7 Å². The zero-order chi connectivity index (χ0) is 17.7. The lowest BCUT2D eigenvalue weighted by Crippen LogP contribution is -2.03. The Labute approximate surface area is 154 Å². The van der Waals surface area contributed by atoms with Crippen molar-refractivity contribution in [1.29, 1.82) is 0 Å². The molecule has 0 bridgehead atoms. The molecular formula is C19H38O3PS-. The van der Waals surface area contributed by atoms with Gasteiger partial charge in [-0.15, -0.1) is 0 Å². The lowest BCUT2D eigenvalue weighted by atomic mass is 10.0. The van der Waals surface area contributed by atoms with Crippen LogP contribution in [0.2, 0.25) is 0 Å². The van der Waals surface area contributed by atoms with Crippen LogP contribution in [0.4, 0.5) is 0 Å². The molecular weight excluding hydrogens is 339 g/mol. The van der Waals surface area contributed by atoms with Crippen molar-refractivity contribution in [1.82, 2.24) is 0 Å². The van der Waals surface area contributed by atoms with Crippen molar-refractivity contribution in [3.8, 4) is 0 Å². The van der Waals surface area contributed by atoms with Gasteiger partial charge < -0.3 is 14.3 Å². The topological polar surface area (TPSA) is 52.5 Å². The van der Waals surface area contributed by atoms with Crippen LogP contribution >= 0.6 is 6.72 Å². The minimum Gasteiger partial charge on any atom is -0.780 e. The Morgan fingerprint density at radius 2 is 1.33 bits per heavy atom. The summed E-state index contributed by atoms with van der Waals surface area (Å²) in [5, 5.41) is 0. The summed E-state index contributed by atoms with van der Waals surface area (Å²) in [6, 6.07) is 0. The van der Waals surface area contributed by atoms with Crippen LogP contribution in [0.5, 0.6) is 0 Å². The first-order valence-corrected chi connectivity index (χ1v) is 12.8. The molecule has 0 aromatic carbocycles. The molecule has 0 aliphatic heterocycles. The van der Waals surface area contributed by atoms with Crippen LogP contribution in [0, 0.1) is 11.8 Å². The van der Waals surface area contributed by atoms with Crippen molar-refractivity contribution in [2.45, 2.75) is 103 Å². The summed E-state index contributed by atoms with van der Waals surface area (Å²) in [4.78, 5) is 19.6. The van der Waals surface area contributed by atoms with Gasteiger partial charge in [0.05, 0.1) is 6.61 Å². The van der Waals surface area contributed by atoms with Crippen LogP contribution in [-0.2, 0) is 16.3 Å². The highest BCUT2D eigenvalue weighted by Crippen LogP contribution is 2.45. The van der Waals surface area contributed by atoms with E-state index in [1.165, 1.54) is 83.5 Å². The number of hydrogen-bond donors (Lipinski definition) is 1. The van der Waals surface area contributed by atoms with E-state index in [-0.39, 0.29) is 0 Å². The summed E-state index contributed by atoms with van der Waals surface area (Å²) in [5.74, 6) is 2.10. The molecule has 3 unspecified atom stereocenters. The zero-order valence-corrected chi connectivity index (χ0v) is 17.3. The first kappa shape index (κ1) is 22.6. The Kier molecular flexibility index (Phi) is 12.9. The third-order valence-corrected chi connectivity index (χ3v) is 6.05. The van der Waals surface area contributed by atoms with Crippen LogP contribution in [0.1, 0.15) is 103 Å². The largest absolute Gasteiger partial charge is 0.780 e. The van der Waals surface area contributed by atoms with E-state index >= 15 is 0 Å². The minimum absolute atomic E-state index is 0.319. The molecule has 1 aliphatic rings. The lowest BCUT2D eigenvalue weighted by Gasteiger charge is -2.19. The van der Waals surface area contributed by atoms with Crippen molar-refractivity contribution in [3.63, 3.8) is 0 Å². The predicted molar refractivity (Wildman–Crippen MR) is 104 cm³/mol. The third kappa shape index (κ3) is 13.8. The van der Waals surface area contributed by atoms with Gasteiger partial charge in [0.25, 0.3) is 0 Å². The van der Waals surface area contributed by atoms with Gasteiger partial charge in [-0.1, -0.05) is 102 Å². The number of unbranched alkanes of at least 4 members (excludes halogenated alkanes) is 10. The molecule has 144 valence electrons. The summed E-state index contributed by atoms with van der Waals surface area (Å²) < 4.78 is 4.69. The summed E-state index contributed by atoms with van der Waals surface area (Å²) in [5.41, 5.74) is 0. The average molecular weight is 378 g/mol. The van der Waals surface area contributed by atoms with E-state index < -0.39 is 6.72 Å². The minimum atomic E-state index is -3.67. The van der Waals surface area contributed by atoms with E-state index in [4.69, 9.17) is 9.42 Å². The van der Waals surface area contributed by atoms with E-state index in [0.29, 0.717) is 6.61 Å². The second-order valence-corrected chi connectivity index (χ2v) is 10.1. The van der Waals surface area contributed by atoms with E-state index in [9.17, 15) is 4.89 Å². The molecule has 0 heterocycles. The van der Waals surface area contributed by atoms with E-state index in [2.05, 4.69) is 18.7 Å². The van der Waals surface area contributed by atoms with Gasteiger partial charge in [-0.25, -0.2) is 0 Å². The third-order valence-electron chi connectivity index (χ3n) is 5.22. The Hall–Kier alpha value is 0.530. The summed E-state index contributed by atoms with van der Waals surface area (Å²) >= 11 is 4.30. The van der Waals surface area contributed by atoms with Crippen molar-refractivity contribution < 1.29 is 14.3 Å². The standard InChI is InChI=1S/C19H39O3PS/c1-2-3-4-5-8-11-14-18-17-19(18)15-12-9-6-7-10-13-16-22-23(20,21)24/h18-19H,2-17H2,1H3,(H2,20,21,24)/p-1. The molecule has 0 spiro atoms. The van der Waals surface area contributed by atoms with E-state index in [1.54, 1.807) is 0 Å². The van der Waals surface area contributed by atoms with Gasteiger partial charge in [0.1, 0.15) is 6.72 Å². The number of hydrogen-bond acceptors (Lipinski definition) is 3. The molecule has 1 rings (SSSR count). The van der Waals surface area contributed by atoms with Crippen LogP contribution in [-0.4, -0.2) is 11.5 Å². The first-order valence-electron chi connectivity index (χ1n) is 10.2. The number of rotatable bonds is 17. The van der Waals surface area contributed by atoms with Crippen molar-refractivity contribution >= 4 is 18.5 Å². The highest BCUT2D eigenvalue weighted by molar-refractivity contribution is 8.06. The summed E-state index contributed by atoms with van der Waals surface area (Å²) in [7, 11) is 0.